The zero-order valence-corrected chi connectivity index (χ0v) is 15.7. The van der Waals surface area contributed by atoms with Crippen molar-refractivity contribution in [2.24, 2.45) is 5.73 Å². The van der Waals surface area contributed by atoms with E-state index in [0.29, 0.717) is 6.04 Å². The Bertz CT molecular complexity index is 906. The number of aromatic nitrogens is 3. The number of imidazole rings is 1. The second kappa shape index (κ2) is 8.23. The fourth-order valence-electron chi connectivity index (χ4n) is 4.09. The Morgan fingerprint density at radius 1 is 1.26 bits per heavy atom. The SMILES string of the molecule is [B]c1ccc2nc(CN(CCCCN)[C@H]3CCCc4cccnc43)[nH]c2c1. The van der Waals surface area contributed by atoms with E-state index in [2.05, 4.69) is 16.0 Å². The molecule has 2 radical (unpaired) electrons. The maximum Gasteiger partial charge on any atom is 0.121 e. The summed E-state index contributed by atoms with van der Waals surface area (Å²) in [5, 5.41) is 0. The first-order valence-corrected chi connectivity index (χ1v) is 9.86. The fraction of sp³-hybridized carbons (Fsp3) is 0.429. The molecule has 0 fully saturated rings. The third-order valence-corrected chi connectivity index (χ3v) is 5.41. The monoisotopic (exact) mass is 359 g/mol. The Morgan fingerprint density at radius 2 is 2.19 bits per heavy atom. The van der Waals surface area contributed by atoms with Crippen LogP contribution in [-0.2, 0) is 13.0 Å². The molecule has 0 unspecified atom stereocenters. The van der Waals surface area contributed by atoms with E-state index < -0.39 is 0 Å². The van der Waals surface area contributed by atoms with E-state index in [9.17, 15) is 0 Å². The van der Waals surface area contributed by atoms with E-state index in [-0.39, 0.29) is 0 Å². The Morgan fingerprint density at radius 3 is 3.07 bits per heavy atom. The van der Waals surface area contributed by atoms with Gasteiger partial charge in [0.15, 0.2) is 0 Å². The molecule has 0 amide bonds. The number of aryl methyl sites for hydroxylation is 1. The van der Waals surface area contributed by atoms with Crippen LogP contribution in [0.2, 0.25) is 0 Å². The zero-order valence-electron chi connectivity index (χ0n) is 15.7. The Kier molecular flexibility index (Phi) is 5.55. The van der Waals surface area contributed by atoms with Crippen LogP contribution >= 0.6 is 0 Å². The summed E-state index contributed by atoms with van der Waals surface area (Å²) in [7, 11) is 5.91. The third kappa shape index (κ3) is 4.07. The molecule has 3 aromatic rings. The van der Waals surface area contributed by atoms with Crippen LogP contribution in [0.25, 0.3) is 11.0 Å². The number of pyridine rings is 1. The molecule has 3 N–H and O–H groups in total. The molecule has 1 aromatic carbocycles. The van der Waals surface area contributed by atoms with Gasteiger partial charge in [0.1, 0.15) is 13.7 Å². The number of nitrogens with one attached hydrogen (secondary N) is 1. The second-order valence-corrected chi connectivity index (χ2v) is 7.38. The van der Waals surface area contributed by atoms with Gasteiger partial charge in [-0.15, -0.1) is 0 Å². The highest BCUT2D eigenvalue weighted by Gasteiger charge is 2.27. The molecule has 0 spiro atoms. The van der Waals surface area contributed by atoms with Crippen LogP contribution < -0.4 is 11.2 Å². The second-order valence-electron chi connectivity index (χ2n) is 7.38. The Balaban J connectivity index is 1.60. The number of fused-ring (bicyclic) bond motifs is 2. The molecule has 2 heterocycles. The number of unbranched alkanes of at least 4 members (excludes halogenated alkanes) is 1. The summed E-state index contributed by atoms with van der Waals surface area (Å²) in [6.45, 7) is 2.51. The Labute approximate surface area is 161 Å². The van der Waals surface area contributed by atoms with E-state index in [0.717, 1.165) is 67.6 Å². The molecule has 138 valence electrons. The lowest BCUT2D eigenvalue weighted by Gasteiger charge is -2.34. The number of nitrogens with zero attached hydrogens (tertiary/aromatic N) is 3. The van der Waals surface area contributed by atoms with Gasteiger partial charge in [-0.05, 0) is 69.0 Å². The third-order valence-electron chi connectivity index (χ3n) is 5.41. The summed E-state index contributed by atoms with van der Waals surface area (Å²) in [4.78, 5) is 15.5. The topological polar surface area (TPSA) is 70.8 Å². The minimum Gasteiger partial charge on any atom is -0.341 e. The standard InChI is InChI=1S/C21H26BN5/c22-16-8-9-17-18(13-16)26-20(25-17)14-27(12-2-1-10-23)19-7-3-5-15-6-4-11-24-21(15)19/h4,6,8-9,11,13,19H,1-3,5,7,10,12,14,23H2,(H,25,26)/t19-/m0/s1. The van der Waals surface area contributed by atoms with Gasteiger partial charge < -0.3 is 10.7 Å². The van der Waals surface area contributed by atoms with E-state index in [1.807, 2.05) is 30.5 Å². The number of aromatic amines is 1. The lowest BCUT2D eigenvalue weighted by Crippen LogP contribution is -2.33. The predicted molar refractivity (Wildman–Crippen MR) is 110 cm³/mol. The summed E-state index contributed by atoms with van der Waals surface area (Å²) in [6.07, 6.45) is 7.50. The smallest absolute Gasteiger partial charge is 0.121 e. The van der Waals surface area contributed by atoms with Crippen LogP contribution in [0.1, 0.15) is 48.8 Å². The maximum absolute atomic E-state index is 5.91. The van der Waals surface area contributed by atoms with Crippen LogP contribution in [0.4, 0.5) is 0 Å². The summed E-state index contributed by atoms with van der Waals surface area (Å²) in [5.74, 6) is 0.978. The lowest BCUT2D eigenvalue weighted by molar-refractivity contribution is 0.159. The number of benzene rings is 1. The highest BCUT2D eigenvalue weighted by atomic mass is 15.2. The van der Waals surface area contributed by atoms with Crippen LogP contribution in [-0.4, -0.2) is 40.8 Å². The summed E-state index contributed by atoms with van der Waals surface area (Å²) >= 11 is 0. The number of hydrogen-bond acceptors (Lipinski definition) is 4. The first kappa shape index (κ1) is 18.2. The van der Waals surface area contributed by atoms with E-state index in [4.69, 9.17) is 23.5 Å². The number of rotatable bonds is 7. The molecule has 4 rings (SSSR count). The summed E-state index contributed by atoms with van der Waals surface area (Å²) < 4.78 is 0. The van der Waals surface area contributed by atoms with E-state index in [1.165, 1.54) is 17.7 Å². The van der Waals surface area contributed by atoms with Crippen molar-refractivity contribution >= 4 is 24.3 Å². The van der Waals surface area contributed by atoms with Gasteiger partial charge in [0.2, 0.25) is 0 Å². The molecular weight excluding hydrogens is 333 g/mol. The van der Waals surface area contributed by atoms with Gasteiger partial charge in [0.25, 0.3) is 0 Å². The number of H-pyrrole nitrogens is 1. The fourth-order valence-corrected chi connectivity index (χ4v) is 4.09. The van der Waals surface area contributed by atoms with Crippen molar-refractivity contribution in [2.75, 3.05) is 13.1 Å². The average Bonchev–Trinajstić information content (AvgIpc) is 3.08. The maximum atomic E-state index is 5.91. The van der Waals surface area contributed by atoms with Crippen molar-refractivity contribution in [1.29, 1.82) is 0 Å². The Hall–Kier alpha value is -2.18. The molecular formula is C21H26BN5. The normalized spacial score (nSPS) is 16.7. The molecule has 1 aliphatic carbocycles. The van der Waals surface area contributed by atoms with Crippen LogP contribution in [0.15, 0.2) is 36.5 Å². The van der Waals surface area contributed by atoms with E-state index >= 15 is 0 Å². The minimum atomic E-state index is 0.339. The van der Waals surface area contributed by atoms with Gasteiger partial charge in [-0.1, -0.05) is 17.6 Å². The van der Waals surface area contributed by atoms with E-state index in [1.54, 1.807) is 0 Å². The quantitative estimate of drug-likeness (QED) is 0.502. The van der Waals surface area contributed by atoms with Crippen molar-refractivity contribution in [3.63, 3.8) is 0 Å². The molecule has 1 atom stereocenters. The van der Waals surface area contributed by atoms with Crippen molar-refractivity contribution in [2.45, 2.75) is 44.7 Å². The molecule has 6 heteroatoms. The van der Waals surface area contributed by atoms with Crippen molar-refractivity contribution in [1.82, 2.24) is 19.9 Å². The summed E-state index contributed by atoms with van der Waals surface area (Å²) in [5.41, 5.74) is 11.1. The molecule has 2 aromatic heterocycles. The number of nitrogens with two attached hydrogens (primary N) is 1. The molecule has 0 aliphatic heterocycles. The molecule has 1 aliphatic rings. The minimum absolute atomic E-state index is 0.339. The predicted octanol–water partition coefficient (Wildman–Crippen LogP) is 2.37. The van der Waals surface area contributed by atoms with Gasteiger partial charge in [0, 0.05) is 6.20 Å². The van der Waals surface area contributed by atoms with Gasteiger partial charge in [-0.2, -0.15) is 0 Å². The van der Waals surface area contributed by atoms with Crippen LogP contribution in [0.3, 0.4) is 0 Å². The first-order chi connectivity index (χ1) is 13.2. The van der Waals surface area contributed by atoms with Crippen LogP contribution in [0, 0.1) is 0 Å². The molecule has 0 bridgehead atoms. The molecule has 0 saturated carbocycles. The van der Waals surface area contributed by atoms with Gasteiger partial charge >= 0.3 is 0 Å². The molecule has 27 heavy (non-hydrogen) atoms. The molecule has 0 saturated heterocycles. The van der Waals surface area contributed by atoms with Gasteiger partial charge in [0.05, 0.1) is 29.3 Å². The zero-order chi connectivity index (χ0) is 18.6. The van der Waals surface area contributed by atoms with Crippen LogP contribution in [0.5, 0.6) is 0 Å². The van der Waals surface area contributed by atoms with Gasteiger partial charge in [-0.25, -0.2) is 4.98 Å². The van der Waals surface area contributed by atoms with Crippen molar-refractivity contribution in [3.8, 4) is 0 Å². The van der Waals surface area contributed by atoms with Crippen molar-refractivity contribution < 1.29 is 0 Å². The molecule has 5 nitrogen and oxygen atoms in total. The van der Waals surface area contributed by atoms with Crippen molar-refractivity contribution in [3.05, 3.63) is 53.6 Å². The highest BCUT2D eigenvalue weighted by molar-refractivity contribution is 6.33. The summed E-state index contributed by atoms with van der Waals surface area (Å²) in [6, 6.07) is 10.4. The largest absolute Gasteiger partial charge is 0.341 e. The first-order valence-electron chi connectivity index (χ1n) is 9.86. The van der Waals surface area contributed by atoms with Gasteiger partial charge in [-0.3, -0.25) is 9.88 Å². The average molecular weight is 359 g/mol. The lowest BCUT2D eigenvalue weighted by atomic mass is 9.90. The number of hydrogen-bond donors (Lipinski definition) is 2. The highest BCUT2D eigenvalue weighted by Crippen LogP contribution is 2.33.